The van der Waals surface area contributed by atoms with Gasteiger partial charge in [-0.1, -0.05) is 0 Å². The molecule has 0 spiro atoms. The molecule has 2 N–H and O–H groups in total. The van der Waals surface area contributed by atoms with E-state index in [2.05, 4.69) is 34.9 Å². The molecule has 8 nitrogen and oxygen atoms in total. The molecule has 0 bridgehead atoms. The number of nitrogens with zero attached hydrogens (tertiary/aromatic N) is 6. The largest absolute Gasteiger partial charge is 0.355 e. The fourth-order valence-electron chi connectivity index (χ4n) is 5.73. The number of anilines is 1. The van der Waals surface area contributed by atoms with Crippen molar-refractivity contribution in [2.75, 3.05) is 31.1 Å². The molecule has 1 aromatic carbocycles. The van der Waals surface area contributed by atoms with Crippen molar-refractivity contribution < 1.29 is 4.39 Å². The van der Waals surface area contributed by atoms with Gasteiger partial charge >= 0.3 is 0 Å². The molecule has 2 aliphatic heterocycles. The van der Waals surface area contributed by atoms with Gasteiger partial charge in [-0.05, 0) is 69.0 Å². The van der Waals surface area contributed by atoms with Crippen LogP contribution in [-0.2, 0) is 6.54 Å². The van der Waals surface area contributed by atoms with Crippen LogP contribution >= 0.6 is 0 Å². The van der Waals surface area contributed by atoms with Gasteiger partial charge in [-0.25, -0.2) is 14.4 Å². The zero-order valence-corrected chi connectivity index (χ0v) is 20.7. The minimum atomic E-state index is -0.302. The van der Waals surface area contributed by atoms with Crippen molar-refractivity contribution in [2.24, 2.45) is 0 Å². The Kier molecular flexibility index (Phi) is 5.57. The zero-order valence-electron chi connectivity index (χ0n) is 20.7. The third-order valence-electron chi connectivity index (χ3n) is 7.62. The number of benzene rings is 1. The highest BCUT2D eigenvalue weighted by molar-refractivity contribution is 5.97. The number of aromatic amines is 2. The molecular formula is C28H29FN8. The number of hydrogen-bond donors (Lipinski definition) is 2. The van der Waals surface area contributed by atoms with E-state index in [9.17, 15) is 0 Å². The van der Waals surface area contributed by atoms with Crippen LogP contribution in [0.25, 0.3) is 44.6 Å². The summed E-state index contributed by atoms with van der Waals surface area (Å²) in [7, 11) is 0. The molecule has 7 rings (SSSR count). The number of aromatic nitrogens is 6. The van der Waals surface area contributed by atoms with Crippen LogP contribution in [0.1, 0.15) is 37.7 Å². The second-order valence-electron chi connectivity index (χ2n) is 10.2. The van der Waals surface area contributed by atoms with Gasteiger partial charge in [0.15, 0.2) is 11.6 Å². The van der Waals surface area contributed by atoms with E-state index >= 15 is 4.39 Å². The minimum absolute atomic E-state index is 0.302. The number of H-pyrrole nitrogens is 2. The van der Waals surface area contributed by atoms with Gasteiger partial charge in [-0.2, -0.15) is 5.10 Å². The van der Waals surface area contributed by atoms with Gasteiger partial charge in [0.1, 0.15) is 17.0 Å². The molecule has 0 radical (unpaired) electrons. The molecule has 0 amide bonds. The Morgan fingerprint density at radius 1 is 0.919 bits per heavy atom. The Morgan fingerprint density at radius 2 is 1.76 bits per heavy atom. The monoisotopic (exact) mass is 496 g/mol. The first-order chi connectivity index (χ1) is 18.2. The first-order valence-electron chi connectivity index (χ1n) is 13.2. The first-order valence-corrected chi connectivity index (χ1v) is 13.2. The SMILES string of the molecule is Fc1cc2[nH]nc(-c3nc4c(N5CCCCC5)nccc4[nH]3)c2cc1-c1cncc(CN2CCCC2)c1. The number of fused-ring (bicyclic) bond motifs is 2. The van der Waals surface area contributed by atoms with Crippen LogP contribution in [0.3, 0.4) is 0 Å². The van der Waals surface area contributed by atoms with Gasteiger partial charge in [0.2, 0.25) is 0 Å². The van der Waals surface area contributed by atoms with Gasteiger partial charge in [0.05, 0.1) is 11.0 Å². The van der Waals surface area contributed by atoms with Crippen molar-refractivity contribution in [3.05, 3.63) is 54.2 Å². The average molecular weight is 497 g/mol. The summed E-state index contributed by atoms with van der Waals surface area (Å²) in [4.78, 5) is 22.2. The highest BCUT2D eigenvalue weighted by atomic mass is 19.1. The fourth-order valence-corrected chi connectivity index (χ4v) is 5.73. The quantitative estimate of drug-likeness (QED) is 0.344. The number of likely N-dealkylation sites (tertiary alicyclic amines) is 1. The van der Waals surface area contributed by atoms with E-state index in [1.54, 1.807) is 6.20 Å². The summed E-state index contributed by atoms with van der Waals surface area (Å²) in [6, 6.07) is 7.36. The van der Waals surface area contributed by atoms with Gasteiger partial charge in [-0.15, -0.1) is 0 Å². The summed E-state index contributed by atoms with van der Waals surface area (Å²) >= 11 is 0. The summed E-state index contributed by atoms with van der Waals surface area (Å²) in [6.45, 7) is 5.04. The average Bonchev–Trinajstić information content (AvgIpc) is 3.68. The molecular weight excluding hydrogens is 467 g/mol. The normalized spacial score (nSPS) is 16.8. The summed E-state index contributed by atoms with van der Waals surface area (Å²) in [5, 5.41) is 8.33. The molecule has 0 saturated carbocycles. The second kappa shape index (κ2) is 9.23. The number of nitrogens with one attached hydrogen (secondary N) is 2. The lowest BCUT2D eigenvalue weighted by atomic mass is 10.0. The maximum atomic E-state index is 15.3. The number of pyridine rings is 2. The van der Waals surface area contributed by atoms with E-state index in [1.165, 1.54) is 38.2 Å². The van der Waals surface area contributed by atoms with E-state index in [0.717, 1.165) is 66.1 Å². The molecule has 4 aromatic heterocycles. The van der Waals surface area contributed by atoms with E-state index < -0.39 is 0 Å². The van der Waals surface area contributed by atoms with Crippen molar-refractivity contribution >= 4 is 27.8 Å². The maximum Gasteiger partial charge on any atom is 0.159 e. The zero-order chi connectivity index (χ0) is 24.8. The van der Waals surface area contributed by atoms with Crippen molar-refractivity contribution in [3.8, 4) is 22.6 Å². The van der Waals surface area contributed by atoms with E-state index in [4.69, 9.17) is 4.98 Å². The molecule has 188 valence electrons. The number of halogens is 1. The van der Waals surface area contributed by atoms with Gasteiger partial charge < -0.3 is 9.88 Å². The number of rotatable bonds is 5. The first kappa shape index (κ1) is 22.4. The molecule has 0 unspecified atom stereocenters. The van der Waals surface area contributed by atoms with Crippen LogP contribution in [0.2, 0.25) is 0 Å². The van der Waals surface area contributed by atoms with Gasteiger partial charge in [0, 0.05) is 60.8 Å². The Bertz CT molecular complexity index is 1580. The molecule has 6 heterocycles. The summed E-state index contributed by atoms with van der Waals surface area (Å²) in [5.41, 5.74) is 5.44. The molecule has 2 aliphatic rings. The number of hydrogen-bond acceptors (Lipinski definition) is 6. The third-order valence-corrected chi connectivity index (χ3v) is 7.62. The van der Waals surface area contributed by atoms with E-state index in [-0.39, 0.29) is 5.82 Å². The molecule has 9 heteroatoms. The van der Waals surface area contributed by atoms with Crippen LogP contribution in [0.5, 0.6) is 0 Å². The second-order valence-corrected chi connectivity index (χ2v) is 10.2. The van der Waals surface area contributed by atoms with Crippen LogP contribution in [0.4, 0.5) is 10.2 Å². The van der Waals surface area contributed by atoms with Crippen molar-refractivity contribution in [3.63, 3.8) is 0 Å². The summed E-state index contributed by atoms with van der Waals surface area (Å²) < 4.78 is 15.3. The van der Waals surface area contributed by atoms with Crippen LogP contribution in [-0.4, -0.2) is 61.2 Å². The maximum absolute atomic E-state index is 15.3. The van der Waals surface area contributed by atoms with Crippen molar-refractivity contribution in [1.29, 1.82) is 0 Å². The fraction of sp³-hybridized carbons (Fsp3) is 0.357. The third kappa shape index (κ3) is 4.13. The van der Waals surface area contributed by atoms with Crippen LogP contribution < -0.4 is 4.90 Å². The molecule has 2 fully saturated rings. The Morgan fingerprint density at radius 3 is 2.62 bits per heavy atom. The Balaban J connectivity index is 1.28. The minimum Gasteiger partial charge on any atom is -0.355 e. The van der Waals surface area contributed by atoms with E-state index in [0.29, 0.717) is 22.6 Å². The smallest absolute Gasteiger partial charge is 0.159 e. The molecule has 2 saturated heterocycles. The van der Waals surface area contributed by atoms with Gasteiger partial charge in [0.25, 0.3) is 0 Å². The predicted octanol–water partition coefficient (Wildman–Crippen LogP) is 5.29. The molecule has 0 atom stereocenters. The van der Waals surface area contributed by atoms with Crippen molar-refractivity contribution in [1.82, 2.24) is 35.0 Å². The number of piperidine rings is 1. The predicted molar refractivity (Wildman–Crippen MR) is 143 cm³/mol. The van der Waals surface area contributed by atoms with Gasteiger partial charge in [-0.3, -0.25) is 15.0 Å². The van der Waals surface area contributed by atoms with Crippen molar-refractivity contribution in [2.45, 2.75) is 38.6 Å². The van der Waals surface area contributed by atoms with Crippen LogP contribution in [0.15, 0.2) is 42.9 Å². The Labute approximate surface area is 213 Å². The lowest BCUT2D eigenvalue weighted by Crippen LogP contribution is -2.30. The lowest BCUT2D eigenvalue weighted by Gasteiger charge is -2.27. The molecule has 37 heavy (non-hydrogen) atoms. The molecule has 0 aliphatic carbocycles. The summed E-state index contributed by atoms with van der Waals surface area (Å²) in [5.74, 6) is 1.25. The highest BCUT2D eigenvalue weighted by Gasteiger charge is 2.21. The molecule has 5 aromatic rings. The van der Waals surface area contributed by atoms with Crippen LogP contribution in [0, 0.1) is 5.82 Å². The number of imidazole rings is 1. The lowest BCUT2D eigenvalue weighted by molar-refractivity contribution is 0.331. The standard InChI is InChI=1S/C28H29FN8/c29-22-14-24-21(13-20(22)19-12-18(15-30-16-19)17-36-8-4-5-9-36)25(35-34-24)27-32-23-6-7-31-28(26(23)33-27)37-10-2-1-3-11-37/h6-7,12-16H,1-5,8-11,17H2,(H,32,33)(H,34,35). The summed E-state index contributed by atoms with van der Waals surface area (Å²) in [6.07, 6.45) is 11.5. The topological polar surface area (TPSA) is 89.6 Å². The highest BCUT2D eigenvalue weighted by Crippen LogP contribution is 2.34. The van der Waals surface area contributed by atoms with E-state index in [1.807, 2.05) is 30.6 Å². The Hall–Kier alpha value is -3.85.